The van der Waals surface area contributed by atoms with Gasteiger partial charge in [0.1, 0.15) is 0 Å². The Kier molecular flexibility index (Phi) is 3.32. The minimum absolute atomic E-state index is 0.165. The molecule has 0 saturated carbocycles. The Balaban J connectivity index is 2.29. The second kappa shape index (κ2) is 4.76. The Labute approximate surface area is 135 Å². The lowest BCUT2D eigenvalue weighted by Gasteiger charge is -2.22. The first-order chi connectivity index (χ1) is 9.44. The molecule has 0 aliphatic carbocycles. The number of fused-ring (bicyclic) bond motifs is 1. The van der Waals surface area contributed by atoms with Gasteiger partial charge in [0.15, 0.2) is 4.32 Å². The van der Waals surface area contributed by atoms with Crippen LogP contribution in [0.15, 0.2) is 36.4 Å². The smallest absolute Gasteiger partial charge is 0.250 e. The summed E-state index contributed by atoms with van der Waals surface area (Å²) < 4.78 is -1.00. The number of rotatable bonds is 1. The van der Waals surface area contributed by atoms with Gasteiger partial charge in [-0.2, -0.15) is 0 Å². The topological polar surface area (TPSA) is 29.1 Å². The minimum Gasteiger partial charge on any atom is -0.324 e. The summed E-state index contributed by atoms with van der Waals surface area (Å²) in [6, 6.07) is 11.0. The molecule has 3 rings (SSSR count). The molecule has 0 fully saturated rings. The largest absolute Gasteiger partial charge is 0.324 e. The average Bonchev–Trinajstić information content (AvgIpc) is 2.64. The molecule has 2 aromatic carbocycles. The standard InChI is InChI=1S/C15H10BrCl2NO/c1-8-6-13-10(7-12(8)18)15(16,14(20)19-13)9-4-2-3-5-11(9)17/h2-7H,1H3,(H,19,20). The predicted molar refractivity (Wildman–Crippen MR) is 86.0 cm³/mol. The van der Waals surface area contributed by atoms with Crippen LogP contribution in [0.5, 0.6) is 0 Å². The van der Waals surface area contributed by atoms with Crippen molar-refractivity contribution in [1.29, 1.82) is 0 Å². The molecule has 0 bridgehead atoms. The number of hydrogen-bond donors (Lipinski definition) is 1. The summed E-state index contributed by atoms with van der Waals surface area (Å²) in [5, 5.41) is 4.03. The SMILES string of the molecule is Cc1cc2c(cc1Cl)C(Br)(c1ccccc1Cl)C(=O)N2. The van der Waals surface area contributed by atoms with Crippen molar-refractivity contribution < 1.29 is 4.79 Å². The third kappa shape index (κ3) is 1.88. The first kappa shape index (κ1) is 13.9. The molecule has 1 aliphatic heterocycles. The van der Waals surface area contributed by atoms with E-state index in [1.165, 1.54) is 0 Å². The van der Waals surface area contributed by atoms with Crippen LogP contribution in [0, 0.1) is 6.92 Å². The molecule has 1 heterocycles. The van der Waals surface area contributed by atoms with E-state index in [1.807, 2.05) is 37.3 Å². The van der Waals surface area contributed by atoms with Crippen molar-refractivity contribution in [2.24, 2.45) is 0 Å². The highest BCUT2D eigenvalue weighted by atomic mass is 79.9. The van der Waals surface area contributed by atoms with E-state index in [1.54, 1.807) is 6.07 Å². The van der Waals surface area contributed by atoms with Crippen LogP contribution in [0.2, 0.25) is 10.0 Å². The van der Waals surface area contributed by atoms with Crippen molar-refractivity contribution in [2.45, 2.75) is 11.2 Å². The van der Waals surface area contributed by atoms with Gasteiger partial charge in [-0.15, -0.1) is 0 Å². The lowest BCUT2D eigenvalue weighted by atomic mass is 9.91. The monoisotopic (exact) mass is 369 g/mol. The van der Waals surface area contributed by atoms with Crippen LogP contribution in [0.1, 0.15) is 16.7 Å². The summed E-state index contributed by atoms with van der Waals surface area (Å²) in [6.45, 7) is 1.90. The summed E-state index contributed by atoms with van der Waals surface area (Å²) >= 11 is 16.0. The van der Waals surface area contributed by atoms with Gasteiger partial charge in [-0.25, -0.2) is 0 Å². The van der Waals surface area contributed by atoms with Crippen LogP contribution in [-0.2, 0) is 9.12 Å². The number of hydrogen-bond acceptors (Lipinski definition) is 1. The Morgan fingerprint density at radius 3 is 2.50 bits per heavy atom. The van der Waals surface area contributed by atoms with Gasteiger partial charge >= 0.3 is 0 Å². The third-order valence-corrected chi connectivity index (χ3v) is 5.43. The Morgan fingerprint density at radius 1 is 1.10 bits per heavy atom. The van der Waals surface area contributed by atoms with Crippen molar-refractivity contribution in [3.05, 3.63) is 63.1 Å². The summed E-state index contributed by atoms with van der Waals surface area (Å²) in [5.41, 5.74) is 3.17. The van der Waals surface area contributed by atoms with Gasteiger partial charge in [-0.1, -0.05) is 57.3 Å². The highest BCUT2D eigenvalue weighted by Crippen LogP contribution is 2.50. The highest BCUT2D eigenvalue weighted by Gasteiger charge is 2.47. The fraction of sp³-hybridized carbons (Fsp3) is 0.133. The molecule has 1 N–H and O–H groups in total. The van der Waals surface area contributed by atoms with E-state index in [0.717, 1.165) is 16.8 Å². The minimum atomic E-state index is -1.00. The molecule has 0 saturated heterocycles. The van der Waals surface area contributed by atoms with Crippen LogP contribution in [-0.4, -0.2) is 5.91 Å². The first-order valence-electron chi connectivity index (χ1n) is 6.00. The van der Waals surface area contributed by atoms with Gasteiger partial charge in [0.25, 0.3) is 5.91 Å². The molecule has 102 valence electrons. The van der Waals surface area contributed by atoms with E-state index in [2.05, 4.69) is 21.2 Å². The molecular formula is C15H10BrCl2NO. The van der Waals surface area contributed by atoms with Crippen LogP contribution in [0.3, 0.4) is 0 Å². The van der Waals surface area contributed by atoms with E-state index < -0.39 is 4.32 Å². The summed E-state index contributed by atoms with van der Waals surface area (Å²) in [6.07, 6.45) is 0. The van der Waals surface area contributed by atoms with Crippen molar-refractivity contribution in [3.8, 4) is 0 Å². The van der Waals surface area contributed by atoms with Gasteiger partial charge in [-0.05, 0) is 30.7 Å². The predicted octanol–water partition coefficient (Wildman–Crippen LogP) is 4.89. The molecule has 1 amide bonds. The highest BCUT2D eigenvalue weighted by molar-refractivity contribution is 9.10. The van der Waals surface area contributed by atoms with E-state index in [0.29, 0.717) is 15.6 Å². The maximum Gasteiger partial charge on any atom is 0.250 e. The molecule has 5 heteroatoms. The Bertz CT molecular complexity index is 732. The van der Waals surface area contributed by atoms with Gasteiger partial charge in [-0.3, -0.25) is 4.79 Å². The molecule has 0 spiro atoms. The van der Waals surface area contributed by atoms with E-state index in [-0.39, 0.29) is 5.91 Å². The molecule has 1 unspecified atom stereocenters. The summed E-state index contributed by atoms with van der Waals surface area (Å²) in [4.78, 5) is 12.5. The number of carbonyl (C=O) groups is 1. The van der Waals surface area contributed by atoms with Crippen LogP contribution < -0.4 is 5.32 Å². The average molecular weight is 371 g/mol. The van der Waals surface area contributed by atoms with E-state index in [9.17, 15) is 4.79 Å². The quantitative estimate of drug-likeness (QED) is 0.711. The number of benzene rings is 2. The van der Waals surface area contributed by atoms with Gasteiger partial charge in [0.05, 0.1) is 0 Å². The number of nitrogens with one attached hydrogen (secondary N) is 1. The van der Waals surface area contributed by atoms with Gasteiger partial charge in [0, 0.05) is 26.9 Å². The maximum atomic E-state index is 12.5. The fourth-order valence-electron chi connectivity index (χ4n) is 2.41. The van der Waals surface area contributed by atoms with Gasteiger partial charge < -0.3 is 5.32 Å². The van der Waals surface area contributed by atoms with Crippen molar-refractivity contribution in [1.82, 2.24) is 0 Å². The lowest BCUT2D eigenvalue weighted by Crippen LogP contribution is -2.29. The number of aryl methyl sites for hydroxylation is 1. The third-order valence-electron chi connectivity index (χ3n) is 3.48. The van der Waals surface area contributed by atoms with Crippen LogP contribution in [0.25, 0.3) is 0 Å². The maximum absolute atomic E-state index is 12.5. The lowest BCUT2D eigenvalue weighted by molar-refractivity contribution is -0.116. The Hall–Kier alpha value is -1.03. The molecular weight excluding hydrogens is 361 g/mol. The Morgan fingerprint density at radius 2 is 1.80 bits per heavy atom. The zero-order chi connectivity index (χ0) is 14.5. The molecule has 20 heavy (non-hydrogen) atoms. The summed E-state index contributed by atoms with van der Waals surface area (Å²) in [7, 11) is 0. The number of carbonyl (C=O) groups excluding carboxylic acids is 1. The molecule has 1 aliphatic rings. The molecule has 0 radical (unpaired) electrons. The normalized spacial score (nSPS) is 20.7. The first-order valence-corrected chi connectivity index (χ1v) is 7.55. The van der Waals surface area contributed by atoms with E-state index >= 15 is 0 Å². The number of alkyl halides is 1. The molecule has 1 atom stereocenters. The summed E-state index contributed by atoms with van der Waals surface area (Å²) in [5.74, 6) is -0.165. The molecule has 2 aromatic rings. The van der Waals surface area contributed by atoms with Crippen molar-refractivity contribution in [3.63, 3.8) is 0 Å². The number of amides is 1. The molecule has 0 aromatic heterocycles. The van der Waals surface area contributed by atoms with Gasteiger partial charge in [0.2, 0.25) is 0 Å². The second-order valence-corrected chi connectivity index (χ2v) is 6.74. The van der Waals surface area contributed by atoms with Crippen LogP contribution >= 0.6 is 39.1 Å². The van der Waals surface area contributed by atoms with Crippen LogP contribution in [0.4, 0.5) is 5.69 Å². The van der Waals surface area contributed by atoms with Crippen molar-refractivity contribution in [2.75, 3.05) is 5.32 Å². The number of halogens is 3. The van der Waals surface area contributed by atoms with Crippen molar-refractivity contribution >= 4 is 50.7 Å². The molecule has 2 nitrogen and oxygen atoms in total. The fourth-order valence-corrected chi connectivity index (χ4v) is 3.74. The van der Waals surface area contributed by atoms with E-state index in [4.69, 9.17) is 23.2 Å². The second-order valence-electron chi connectivity index (χ2n) is 4.74. The zero-order valence-corrected chi connectivity index (χ0v) is 13.6. The number of anilines is 1. The zero-order valence-electron chi connectivity index (χ0n) is 10.5.